The smallest absolute Gasteiger partial charge is 0.266 e. The summed E-state index contributed by atoms with van der Waals surface area (Å²) in [7, 11) is -4.02. The SMILES string of the molecule is CC.Cc1cc(C)c(-c2ccc(NC(=O)Cc3ccc(N4CCOCC4)cc3)cc2)c(C)c1.Cc1ccc(C(=O)NCCS(=O)(=O)O)cc1. The van der Waals surface area contributed by atoms with Crippen molar-refractivity contribution in [1.29, 1.82) is 0 Å². The summed E-state index contributed by atoms with van der Waals surface area (Å²) >= 11 is 0. The highest BCUT2D eigenvalue weighted by atomic mass is 32.2. The number of anilines is 2. The highest BCUT2D eigenvalue weighted by molar-refractivity contribution is 7.85. The minimum Gasteiger partial charge on any atom is -0.378 e. The Hall–Kier alpha value is -4.51. The number of benzene rings is 4. The zero-order valence-corrected chi connectivity index (χ0v) is 30.2. The zero-order chi connectivity index (χ0) is 36.0. The van der Waals surface area contributed by atoms with E-state index in [2.05, 4.69) is 72.7 Å². The van der Waals surface area contributed by atoms with Gasteiger partial charge in [0.2, 0.25) is 5.91 Å². The van der Waals surface area contributed by atoms with Crippen LogP contribution in [0.3, 0.4) is 0 Å². The second kappa shape index (κ2) is 18.9. The Bertz CT molecular complexity index is 1740. The molecule has 4 aromatic carbocycles. The van der Waals surface area contributed by atoms with Gasteiger partial charge in [0.1, 0.15) is 0 Å². The molecule has 0 atom stereocenters. The van der Waals surface area contributed by atoms with Crippen LogP contribution >= 0.6 is 0 Å². The van der Waals surface area contributed by atoms with Gasteiger partial charge in [0.05, 0.1) is 25.4 Å². The first-order valence-electron chi connectivity index (χ1n) is 16.6. The number of amides is 2. The molecule has 5 rings (SSSR count). The number of hydrogen-bond donors (Lipinski definition) is 3. The average Bonchev–Trinajstić information content (AvgIpc) is 3.07. The van der Waals surface area contributed by atoms with Crippen LogP contribution in [0.25, 0.3) is 11.1 Å². The molecule has 9 nitrogen and oxygen atoms in total. The minimum atomic E-state index is -4.02. The summed E-state index contributed by atoms with van der Waals surface area (Å²) < 4.78 is 34.7. The molecule has 0 saturated carbocycles. The fraction of sp³-hybridized carbons (Fsp3) is 0.333. The monoisotopic (exact) mass is 687 g/mol. The van der Waals surface area contributed by atoms with Gasteiger partial charge in [-0.2, -0.15) is 8.42 Å². The van der Waals surface area contributed by atoms with E-state index in [1.807, 2.05) is 45.0 Å². The third kappa shape index (κ3) is 12.8. The van der Waals surface area contributed by atoms with Gasteiger partial charge >= 0.3 is 0 Å². The molecule has 1 aliphatic rings. The fourth-order valence-corrected chi connectivity index (χ4v) is 5.85. The van der Waals surface area contributed by atoms with Crippen LogP contribution in [-0.2, 0) is 26.1 Å². The molecule has 0 spiro atoms. The summed E-state index contributed by atoms with van der Waals surface area (Å²) in [6.45, 7) is 15.6. The van der Waals surface area contributed by atoms with Gasteiger partial charge in [-0.25, -0.2) is 0 Å². The van der Waals surface area contributed by atoms with E-state index in [4.69, 9.17) is 9.29 Å². The Morgan fingerprint density at radius 2 is 1.37 bits per heavy atom. The third-order valence-corrected chi connectivity index (χ3v) is 8.49. The van der Waals surface area contributed by atoms with Crippen molar-refractivity contribution in [3.05, 3.63) is 118 Å². The Balaban J connectivity index is 0.000000305. The van der Waals surface area contributed by atoms with Crippen molar-refractivity contribution in [2.45, 2.75) is 48.0 Å². The van der Waals surface area contributed by atoms with Crippen molar-refractivity contribution in [1.82, 2.24) is 5.32 Å². The first-order chi connectivity index (χ1) is 23.4. The molecule has 262 valence electrons. The molecule has 0 aromatic heterocycles. The van der Waals surface area contributed by atoms with Crippen LogP contribution < -0.4 is 15.5 Å². The van der Waals surface area contributed by atoms with Gasteiger partial charge in [-0.3, -0.25) is 14.1 Å². The number of nitrogens with zero attached hydrogens (tertiary/aromatic N) is 1. The Morgan fingerprint density at radius 1 is 0.796 bits per heavy atom. The Kier molecular flexibility index (Phi) is 15.0. The molecule has 3 N–H and O–H groups in total. The molecule has 1 fully saturated rings. The molecule has 4 aromatic rings. The number of carbonyl (C=O) groups excluding carboxylic acids is 2. The maximum atomic E-state index is 12.5. The first-order valence-corrected chi connectivity index (χ1v) is 18.2. The van der Waals surface area contributed by atoms with E-state index in [0.717, 1.165) is 43.1 Å². The number of morpholine rings is 1. The summed E-state index contributed by atoms with van der Waals surface area (Å²) in [4.78, 5) is 26.3. The van der Waals surface area contributed by atoms with Crippen LogP contribution in [0.2, 0.25) is 0 Å². The molecule has 0 aliphatic carbocycles. The van der Waals surface area contributed by atoms with Crippen molar-refractivity contribution in [3.8, 4) is 11.1 Å². The van der Waals surface area contributed by atoms with E-state index in [9.17, 15) is 18.0 Å². The van der Waals surface area contributed by atoms with Gasteiger partial charge in [0.25, 0.3) is 16.0 Å². The van der Waals surface area contributed by atoms with Gasteiger partial charge in [-0.1, -0.05) is 73.5 Å². The summed E-state index contributed by atoms with van der Waals surface area (Å²) in [5, 5.41) is 5.42. The quantitative estimate of drug-likeness (QED) is 0.163. The number of nitrogens with one attached hydrogen (secondary N) is 2. The number of carbonyl (C=O) groups is 2. The average molecular weight is 688 g/mol. The van der Waals surface area contributed by atoms with Gasteiger partial charge in [0.15, 0.2) is 0 Å². The lowest BCUT2D eigenvalue weighted by Crippen LogP contribution is -2.36. The molecule has 0 unspecified atom stereocenters. The van der Waals surface area contributed by atoms with Crippen molar-refractivity contribution >= 4 is 33.3 Å². The predicted molar refractivity (Wildman–Crippen MR) is 199 cm³/mol. The topological polar surface area (TPSA) is 125 Å². The lowest BCUT2D eigenvalue weighted by atomic mass is 9.94. The largest absolute Gasteiger partial charge is 0.378 e. The van der Waals surface area contributed by atoms with E-state index < -0.39 is 15.9 Å². The second-order valence-corrected chi connectivity index (χ2v) is 13.3. The van der Waals surface area contributed by atoms with Gasteiger partial charge in [-0.15, -0.1) is 0 Å². The van der Waals surface area contributed by atoms with E-state index in [-0.39, 0.29) is 18.4 Å². The summed E-state index contributed by atoms with van der Waals surface area (Å²) in [5.41, 5.74) is 10.8. The molecule has 1 heterocycles. The van der Waals surface area contributed by atoms with E-state index in [0.29, 0.717) is 12.0 Å². The van der Waals surface area contributed by atoms with Crippen LogP contribution in [0.15, 0.2) is 84.9 Å². The minimum absolute atomic E-state index is 0.00503. The fourth-order valence-electron chi connectivity index (χ4n) is 5.49. The highest BCUT2D eigenvalue weighted by Gasteiger charge is 2.12. The van der Waals surface area contributed by atoms with E-state index in [1.54, 1.807) is 24.3 Å². The molecule has 0 radical (unpaired) electrons. The van der Waals surface area contributed by atoms with Crippen molar-refractivity contribution < 1.29 is 27.3 Å². The molecule has 1 aliphatic heterocycles. The summed E-state index contributed by atoms with van der Waals surface area (Å²) in [6, 6.07) is 27.7. The van der Waals surface area contributed by atoms with Crippen LogP contribution in [0.1, 0.15) is 52.0 Å². The van der Waals surface area contributed by atoms with Gasteiger partial charge in [-0.05, 0) is 91.9 Å². The zero-order valence-electron chi connectivity index (χ0n) is 29.4. The number of hydrogen-bond acceptors (Lipinski definition) is 6. The normalized spacial score (nSPS) is 12.5. The van der Waals surface area contributed by atoms with Gasteiger partial charge < -0.3 is 20.3 Å². The van der Waals surface area contributed by atoms with Crippen molar-refractivity contribution in [2.24, 2.45) is 0 Å². The number of rotatable bonds is 9. The number of aryl methyl sites for hydroxylation is 4. The lowest BCUT2D eigenvalue weighted by molar-refractivity contribution is -0.115. The van der Waals surface area contributed by atoms with E-state index in [1.165, 1.54) is 33.5 Å². The maximum Gasteiger partial charge on any atom is 0.266 e. The molecule has 2 amide bonds. The molecule has 0 bridgehead atoms. The number of ether oxygens (including phenoxy) is 1. The second-order valence-electron chi connectivity index (χ2n) is 11.7. The summed E-state index contributed by atoms with van der Waals surface area (Å²) in [6.07, 6.45) is 0.362. The maximum absolute atomic E-state index is 12.5. The molecule has 49 heavy (non-hydrogen) atoms. The summed E-state index contributed by atoms with van der Waals surface area (Å²) in [5.74, 6) is -0.844. The predicted octanol–water partition coefficient (Wildman–Crippen LogP) is 6.94. The van der Waals surface area contributed by atoms with Crippen LogP contribution in [0, 0.1) is 27.7 Å². The Morgan fingerprint density at radius 3 is 1.92 bits per heavy atom. The molecular weight excluding hydrogens is 639 g/mol. The van der Waals surface area contributed by atoms with E-state index >= 15 is 0 Å². The van der Waals surface area contributed by atoms with Crippen LogP contribution in [-0.4, -0.2) is 63.4 Å². The van der Waals surface area contributed by atoms with Crippen LogP contribution in [0.5, 0.6) is 0 Å². The van der Waals surface area contributed by atoms with Crippen molar-refractivity contribution in [2.75, 3.05) is 48.8 Å². The lowest BCUT2D eigenvalue weighted by Gasteiger charge is -2.28. The standard InChI is InChI=1S/C27H30N2O2.C10H13NO4S.C2H6/c1-19-16-20(2)27(21(3)17-19)23-6-8-24(9-7-23)28-26(30)18-22-4-10-25(11-5-22)29-12-14-31-15-13-29;1-8-2-4-9(5-3-8)10(12)11-6-7-16(13,14)15;1-2/h4-11,16-17H,12-15,18H2,1-3H3,(H,28,30);2-5H,6-7H2,1H3,(H,11,12)(H,13,14,15);1-2H3. The van der Waals surface area contributed by atoms with Crippen molar-refractivity contribution in [3.63, 3.8) is 0 Å². The molecule has 1 saturated heterocycles. The third-order valence-electron chi connectivity index (χ3n) is 7.77. The van der Waals surface area contributed by atoms with Gasteiger partial charge in [0, 0.05) is 36.6 Å². The first kappa shape index (κ1) is 38.9. The molecule has 10 heteroatoms. The van der Waals surface area contributed by atoms with Crippen LogP contribution in [0.4, 0.5) is 11.4 Å². The highest BCUT2D eigenvalue weighted by Crippen LogP contribution is 2.29. The Labute approximate surface area is 291 Å². The molecular formula is C39H49N3O6S.